The van der Waals surface area contributed by atoms with Crippen LogP contribution in [-0.4, -0.2) is 99.9 Å². The van der Waals surface area contributed by atoms with Gasteiger partial charge in [-0.1, -0.05) is 28.1 Å². The van der Waals surface area contributed by atoms with Crippen molar-refractivity contribution in [1.29, 1.82) is 0 Å². The number of aliphatic hydroxyl groups excluding tert-OH is 1. The van der Waals surface area contributed by atoms with Crippen LogP contribution in [0.1, 0.15) is 26.7 Å². The van der Waals surface area contributed by atoms with Crippen molar-refractivity contribution in [1.82, 2.24) is 9.80 Å². The van der Waals surface area contributed by atoms with Crippen LogP contribution in [0.25, 0.3) is 0 Å². The van der Waals surface area contributed by atoms with Gasteiger partial charge in [0.1, 0.15) is 6.04 Å². The van der Waals surface area contributed by atoms with Crippen LogP contribution in [0, 0.1) is 11.8 Å². The van der Waals surface area contributed by atoms with Gasteiger partial charge in [-0.2, -0.15) is 0 Å². The minimum atomic E-state index is -0.753. The highest BCUT2D eigenvalue weighted by Gasteiger charge is 2.75. The normalized spacial score (nSPS) is 28.4. The molecule has 3 unspecified atom stereocenters. The number of carbonyl (C=O) groups is 3. The third kappa shape index (κ3) is 5.11. The molecule has 6 atom stereocenters. The number of likely N-dealkylation sites (tertiary alicyclic amines) is 1. The molecule has 40 heavy (non-hydrogen) atoms. The van der Waals surface area contributed by atoms with Gasteiger partial charge < -0.3 is 24.7 Å². The summed E-state index contributed by atoms with van der Waals surface area (Å²) in [6.07, 6.45) is 4.35. The van der Waals surface area contributed by atoms with Crippen molar-refractivity contribution in [3.63, 3.8) is 0 Å². The smallest absolute Gasteiger partial charge is 0.251 e. The van der Waals surface area contributed by atoms with Gasteiger partial charge in [0.2, 0.25) is 11.8 Å². The molecule has 0 saturated carbocycles. The number of nitrogens with zero attached hydrogens (tertiary/aromatic N) is 4. The lowest BCUT2D eigenvalue weighted by Crippen LogP contribution is -2.56. The summed E-state index contributed by atoms with van der Waals surface area (Å²) in [7, 11) is 1.73. The molecule has 3 amide bonds. The topological polar surface area (TPSA) is 84.4 Å². The fraction of sp³-hybridized carbons (Fsp3) is 0.567. The molecule has 1 N–H and O–H groups in total. The molecule has 3 saturated heterocycles. The number of benzene rings is 1. The van der Waals surface area contributed by atoms with E-state index in [2.05, 4.69) is 47.8 Å². The van der Waals surface area contributed by atoms with Gasteiger partial charge in [0, 0.05) is 67.8 Å². The molecular formula is C30H41BrN4O4S. The minimum Gasteiger partial charge on any atom is -0.396 e. The zero-order valence-electron chi connectivity index (χ0n) is 23.7. The quantitative estimate of drug-likeness (QED) is 0.265. The second kappa shape index (κ2) is 12.7. The van der Waals surface area contributed by atoms with Crippen molar-refractivity contribution in [3.8, 4) is 0 Å². The maximum absolute atomic E-state index is 14.6. The summed E-state index contributed by atoms with van der Waals surface area (Å²) in [4.78, 5) is 49.6. The number of amides is 3. The summed E-state index contributed by atoms with van der Waals surface area (Å²) in [6.45, 7) is 14.5. The van der Waals surface area contributed by atoms with Crippen LogP contribution in [0.15, 0.2) is 49.6 Å². The predicted octanol–water partition coefficient (Wildman–Crippen LogP) is 3.54. The van der Waals surface area contributed by atoms with Gasteiger partial charge in [-0.25, -0.2) is 0 Å². The number of thioether (sulfide) groups is 1. The van der Waals surface area contributed by atoms with Crippen molar-refractivity contribution in [3.05, 3.63) is 49.6 Å². The number of halogens is 1. The average Bonchev–Trinajstić information content (AvgIpc) is 3.54. The number of hydrogen-bond acceptors (Lipinski definition) is 6. The van der Waals surface area contributed by atoms with Gasteiger partial charge in [-0.3, -0.25) is 14.4 Å². The summed E-state index contributed by atoms with van der Waals surface area (Å²) < 4.78 is -0.738. The Morgan fingerprint density at radius 3 is 2.33 bits per heavy atom. The van der Waals surface area contributed by atoms with Crippen molar-refractivity contribution >= 4 is 56.8 Å². The summed E-state index contributed by atoms with van der Waals surface area (Å²) in [6, 6.07) is 7.18. The van der Waals surface area contributed by atoms with Crippen LogP contribution in [0.5, 0.6) is 0 Å². The van der Waals surface area contributed by atoms with Crippen molar-refractivity contribution in [2.45, 2.75) is 47.6 Å². The number of aliphatic hydroxyl groups is 1. The number of fused-ring (bicyclic) bond motifs is 1. The van der Waals surface area contributed by atoms with Crippen LogP contribution in [0.4, 0.5) is 11.4 Å². The lowest BCUT2D eigenvalue weighted by molar-refractivity contribution is -0.143. The van der Waals surface area contributed by atoms with Crippen molar-refractivity contribution in [2.24, 2.45) is 11.8 Å². The highest BCUT2D eigenvalue weighted by atomic mass is 79.9. The van der Waals surface area contributed by atoms with Gasteiger partial charge in [0.15, 0.2) is 0 Å². The SMILES string of the molecule is C=CCN(C)C(=O)[C@H]1[C@@H]2SC3(CC2Br)C(C(=O)N(CC=C)c2ccc(N(CC)CC)cc2)N(CCCO)C(=O)[C@H]13. The first-order valence-corrected chi connectivity index (χ1v) is 15.9. The molecule has 2 bridgehead atoms. The molecule has 1 aromatic rings. The van der Waals surface area contributed by atoms with E-state index in [1.165, 1.54) is 0 Å². The van der Waals surface area contributed by atoms with Crippen molar-refractivity contribution < 1.29 is 19.5 Å². The highest BCUT2D eigenvalue weighted by molar-refractivity contribution is 9.09. The number of anilines is 2. The van der Waals surface area contributed by atoms with E-state index in [1.807, 2.05) is 24.3 Å². The van der Waals surface area contributed by atoms with Crippen LogP contribution in [0.2, 0.25) is 0 Å². The summed E-state index contributed by atoms with van der Waals surface area (Å²) >= 11 is 5.44. The van der Waals surface area contributed by atoms with E-state index in [9.17, 15) is 19.5 Å². The van der Waals surface area contributed by atoms with E-state index in [4.69, 9.17) is 0 Å². The summed E-state index contributed by atoms with van der Waals surface area (Å²) in [5.41, 5.74) is 1.82. The lowest BCUT2D eigenvalue weighted by atomic mass is 9.70. The number of alkyl halides is 1. The lowest BCUT2D eigenvalue weighted by Gasteiger charge is -2.38. The Bertz CT molecular complexity index is 1130. The molecule has 3 aliphatic rings. The van der Waals surface area contributed by atoms with E-state index in [0.717, 1.165) is 24.5 Å². The Kier molecular flexibility index (Phi) is 9.73. The molecule has 3 aliphatic heterocycles. The van der Waals surface area contributed by atoms with Crippen LogP contribution in [-0.2, 0) is 14.4 Å². The second-order valence-corrected chi connectivity index (χ2v) is 13.4. The first kappa shape index (κ1) is 30.7. The zero-order valence-corrected chi connectivity index (χ0v) is 26.1. The van der Waals surface area contributed by atoms with Crippen LogP contribution in [0.3, 0.4) is 0 Å². The Balaban J connectivity index is 1.75. The largest absolute Gasteiger partial charge is 0.396 e. The maximum atomic E-state index is 14.6. The predicted molar refractivity (Wildman–Crippen MR) is 166 cm³/mol. The molecule has 3 fully saturated rings. The molecule has 0 radical (unpaired) electrons. The molecule has 1 aromatic carbocycles. The zero-order chi connectivity index (χ0) is 29.2. The van der Waals surface area contributed by atoms with E-state index in [1.54, 1.807) is 45.7 Å². The minimum absolute atomic E-state index is 0.00179. The Hall–Kier alpha value is -2.30. The van der Waals surface area contributed by atoms with E-state index >= 15 is 0 Å². The maximum Gasteiger partial charge on any atom is 0.251 e. The average molecular weight is 634 g/mol. The third-order valence-corrected chi connectivity index (χ3v) is 11.7. The molecular weight excluding hydrogens is 592 g/mol. The molecule has 218 valence electrons. The molecule has 8 nitrogen and oxygen atoms in total. The molecule has 4 rings (SSSR count). The second-order valence-electron chi connectivity index (χ2n) is 10.7. The fourth-order valence-electron chi connectivity index (χ4n) is 6.74. The summed E-state index contributed by atoms with van der Waals surface area (Å²) in [5.74, 6) is -1.56. The summed E-state index contributed by atoms with van der Waals surface area (Å²) in [5, 5.41) is 9.53. The monoisotopic (exact) mass is 632 g/mol. The standard InChI is InChI=1S/C30H41BrN4O4S/c1-6-15-32(5)27(37)23-24-28(38)35(17-10-18-36)26(30(24)19-22(31)25(23)40-30)29(39)34(16-7-2)21-13-11-20(12-14-21)33(8-3)9-4/h6-7,11-14,22-26,36H,1-2,8-10,15-19H2,3-5H3/t22?,23-,24+,25-,26?,30?/m1/s1. The van der Waals surface area contributed by atoms with Gasteiger partial charge >= 0.3 is 0 Å². The van der Waals surface area contributed by atoms with Gasteiger partial charge in [-0.05, 0) is 51.0 Å². The fourth-order valence-corrected chi connectivity index (χ4v) is 10.3. The van der Waals surface area contributed by atoms with Crippen molar-refractivity contribution in [2.75, 3.05) is 56.2 Å². The van der Waals surface area contributed by atoms with Crippen LogP contribution >= 0.6 is 27.7 Å². The molecule has 1 spiro atoms. The number of rotatable bonds is 13. The Morgan fingerprint density at radius 1 is 1.12 bits per heavy atom. The molecule has 3 heterocycles. The number of carbonyl (C=O) groups excluding carboxylic acids is 3. The van der Waals surface area contributed by atoms with Gasteiger partial charge in [0.05, 0.1) is 16.6 Å². The third-order valence-electron chi connectivity index (χ3n) is 8.51. The molecule has 10 heteroatoms. The van der Waals surface area contributed by atoms with Crippen LogP contribution < -0.4 is 9.80 Å². The van der Waals surface area contributed by atoms with E-state index in [-0.39, 0.29) is 41.0 Å². The first-order chi connectivity index (χ1) is 19.2. The number of likely N-dealkylation sites (N-methyl/N-ethyl adjacent to an activating group) is 1. The number of hydrogen-bond donors (Lipinski definition) is 1. The Labute approximate surface area is 250 Å². The van der Waals surface area contributed by atoms with Gasteiger partial charge in [0.25, 0.3) is 5.91 Å². The van der Waals surface area contributed by atoms with E-state index < -0.39 is 22.6 Å². The first-order valence-electron chi connectivity index (χ1n) is 14.1. The molecule has 0 aromatic heterocycles. The highest BCUT2D eigenvalue weighted by Crippen LogP contribution is 2.68. The van der Waals surface area contributed by atoms with E-state index in [0.29, 0.717) is 25.9 Å². The Morgan fingerprint density at radius 2 is 1.75 bits per heavy atom. The molecule has 0 aliphatic carbocycles. The van der Waals surface area contributed by atoms with Gasteiger partial charge in [-0.15, -0.1) is 24.9 Å².